The lowest BCUT2D eigenvalue weighted by atomic mass is 10.1. The van der Waals surface area contributed by atoms with Crippen LogP contribution in [0, 0.1) is 0 Å². The summed E-state index contributed by atoms with van der Waals surface area (Å²) in [6.45, 7) is 7.63. The molecule has 0 bridgehead atoms. The zero-order valence-corrected chi connectivity index (χ0v) is 7.43. The second-order valence-electron chi connectivity index (χ2n) is 3.87. The minimum atomic E-state index is -0.927. The Bertz CT molecular complexity index is 133. The average molecular weight is 161 g/mol. The molecule has 11 heavy (non-hydrogen) atoms. The summed E-state index contributed by atoms with van der Waals surface area (Å²) in [5, 5.41) is 0. The Balaban J connectivity index is 2.55. The molecule has 1 heterocycles. The summed E-state index contributed by atoms with van der Waals surface area (Å²) >= 11 is 0. The summed E-state index contributed by atoms with van der Waals surface area (Å²) in [6.07, 6.45) is -0.927. The van der Waals surface area contributed by atoms with Crippen LogP contribution in [0.5, 0.6) is 0 Å². The van der Waals surface area contributed by atoms with Gasteiger partial charge in [0.15, 0.2) is 6.30 Å². The molecule has 0 aromatic heterocycles. The zero-order valence-electron chi connectivity index (χ0n) is 7.43. The van der Waals surface area contributed by atoms with E-state index >= 15 is 0 Å². The smallest absolute Gasteiger partial charge is 0.177 e. The Morgan fingerprint density at radius 2 is 2.09 bits per heavy atom. The number of alkyl halides is 1. The van der Waals surface area contributed by atoms with Crippen molar-refractivity contribution in [3.63, 3.8) is 0 Å². The topological polar surface area (TPSA) is 12.5 Å². The van der Waals surface area contributed by atoms with Crippen molar-refractivity contribution in [2.24, 2.45) is 0 Å². The van der Waals surface area contributed by atoms with Crippen molar-refractivity contribution >= 4 is 0 Å². The molecule has 0 radical (unpaired) electrons. The highest BCUT2D eigenvalue weighted by molar-refractivity contribution is 4.80. The fourth-order valence-electron chi connectivity index (χ4n) is 1.33. The first-order valence-electron chi connectivity index (χ1n) is 4.00. The Hall–Kier alpha value is -0.150. The van der Waals surface area contributed by atoms with Gasteiger partial charge in [-0.05, 0) is 20.8 Å². The first-order chi connectivity index (χ1) is 5.02. The highest BCUT2D eigenvalue weighted by atomic mass is 19.1. The highest BCUT2D eigenvalue weighted by Gasteiger charge is 2.31. The second-order valence-corrected chi connectivity index (χ2v) is 3.87. The molecule has 1 atom stereocenters. The van der Waals surface area contributed by atoms with E-state index in [0.717, 1.165) is 0 Å². The lowest BCUT2D eigenvalue weighted by Crippen LogP contribution is -2.52. The van der Waals surface area contributed by atoms with Gasteiger partial charge in [0.2, 0.25) is 0 Å². The SMILES string of the molecule is CC(C)(C)N1CCOCC1F. The predicted molar refractivity (Wildman–Crippen MR) is 42.2 cm³/mol. The first kappa shape index (κ1) is 8.94. The lowest BCUT2D eigenvalue weighted by Gasteiger charge is -2.40. The minimum Gasteiger partial charge on any atom is -0.376 e. The van der Waals surface area contributed by atoms with Gasteiger partial charge in [0.25, 0.3) is 0 Å². The van der Waals surface area contributed by atoms with Crippen LogP contribution < -0.4 is 0 Å². The fourth-order valence-corrected chi connectivity index (χ4v) is 1.33. The molecule has 0 aliphatic carbocycles. The van der Waals surface area contributed by atoms with Gasteiger partial charge >= 0.3 is 0 Å². The molecule has 3 heteroatoms. The first-order valence-corrected chi connectivity index (χ1v) is 4.00. The summed E-state index contributed by atoms with van der Waals surface area (Å²) in [5.41, 5.74) is -0.0802. The molecule has 0 amide bonds. The van der Waals surface area contributed by atoms with Crippen LogP contribution in [0.3, 0.4) is 0 Å². The van der Waals surface area contributed by atoms with Gasteiger partial charge in [-0.3, -0.25) is 4.90 Å². The van der Waals surface area contributed by atoms with Gasteiger partial charge in [-0.2, -0.15) is 0 Å². The van der Waals surface area contributed by atoms with Gasteiger partial charge < -0.3 is 4.74 Å². The molecule has 66 valence electrons. The maximum atomic E-state index is 13.1. The van der Waals surface area contributed by atoms with Crippen LogP contribution in [0.15, 0.2) is 0 Å². The van der Waals surface area contributed by atoms with Crippen molar-refractivity contribution in [3.8, 4) is 0 Å². The summed E-state index contributed by atoms with van der Waals surface area (Å²) in [5.74, 6) is 0. The Morgan fingerprint density at radius 3 is 2.45 bits per heavy atom. The molecule has 0 aromatic carbocycles. The number of hydrogen-bond acceptors (Lipinski definition) is 2. The standard InChI is InChI=1S/C8H16FNO/c1-8(2,3)10-4-5-11-6-7(10)9/h7H,4-6H2,1-3H3. The molecular weight excluding hydrogens is 145 g/mol. The zero-order chi connectivity index (χ0) is 8.48. The van der Waals surface area contributed by atoms with Crippen LogP contribution in [0.1, 0.15) is 20.8 Å². The fraction of sp³-hybridized carbons (Fsp3) is 1.00. The number of rotatable bonds is 0. The van der Waals surface area contributed by atoms with Crippen LogP contribution in [0.4, 0.5) is 4.39 Å². The highest BCUT2D eigenvalue weighted by Crippen LogP contribution is 2.20. The molecule has 0 aromatic rings. The van der Waals surface area contributed by atoms with Crippen LogP contribution in [0.2, 0.25) is 0 Å². The van der Waals surface area contributed by atoms with E-state index < -0.39 is 6.30 Å². The number of morpholine rings is 1. The van der Waals surface area contributed by atoms with Crippen LogP contribution >= 0.6 is 0 Å². The van der Waals surface area contributed by atoms with E-state index in [1.54, 1.807) is 0 Å². The Morgan fingerprint density at radius 1 is 1.45 bits per heavy atom. The average Bonchev–Trinajstić information content (AvgIpc) is 1.86. The number of nitrogens with zero attached hydrogens (tertiary/aromatic N) is 1. The summed E-state index contributed by atoms with van der Waals surface area (Å²) in [4.78, 5) is 1.83. The van der Waals surface area contributed by atoms with Crippen LogP contribution in [-0.2, 0) is 4.74 Å². The van der Waals surface area contributed by atoms with Crippen molar-refractivity contribution in [3.05, 3.63) is 0 Å². The third kappa shape index (κ3) is 2.14. The molecule has 1 rings (SSSR count). The molecule has 0 saturated carbocycles. The molecule has 1 unspecified atom stereocenters. The van der Waals surface area contributed by atoms with Crippen LogP contribution in [0.25, 0.3) is 0 Å². The van der Waals surface area contributed by atoms with E-state index in [9.17, 15) is 4.39 Å². The monoisotopic (exact) mass is 161 g/mol. The van der Waals surface area contributed by atoms with Gasteiger partial charge in [0.05, 0.1) is 13.2 Å². The maximum Gasteiger partial charge on any atom is 0.177 e. The van der Waals surface area contributed by atoms with Crippen LogP contribution in [-0.4, -0.2) is 36.5 Å². The molecular formula is C8H16FNO. The third-order valence-electron chi connectivity index (χ3n) is 1.93. The molecule has 1 aliphatic heterocycles. The normalized spacial score (nSPS) is 28.9. The quantitative estimate of drug-likeness (QED) is 0.498. The largest absolute Gasteiger partial charge is 0.376 e. The van der Waals surface area contributed by atoms with Crippen molar-refractivity contribution in [1.29, 1.82) is 0 Å². The maximum absolute atomic E-state index is 13.1. The van der Waals surface area contributed by atoms with E-state index in [-0.39, 0.29) is 12.1 Å². The summed E-state index contributed by atoms with van der Waals surface area (Å²) in [7, 11) is 0. The molecule has 0 N–H and O–H groups in total. The number of hydrogen-bond donors (Lipinski definition) is 0. The predicted octanol–water partition coefficient (Wildman–Crippen LogP) is 1.41. The van der Waals surface area contributed by atoms with E-state index in [4.69, 9.17) is 4.74 Å². The van der Waals surface area contributed by atoms with Crippen molar-refractivity contribution in [1.82, 2.24) is 4.90 Å². The van der Waals surface area contributed by atoms with Crippen molar-refractivity contribution < 1.29 is 9.13 Å². The summed E-state index contributed by atoms with van der Waals surface area (Å²) < 4.78 is 18.1. The summed E-state index contributed by atoms with van der Waals surface area (Å²) in [6, 6.07) is 0. The molecule has 0 spiro atoms. The van der Waals surface area contributed by atoms with Gasteiger partial charge in [-0.1, -0.05) is 0 Å². The second kappa shape index (κ2) is 3.07. The van der Waals surface area contributed by atoms with Gasteiger partial charge in [0, 0.05) is 12.1 Å². The van der Waals surface area contributed by atoms with Gasteiger partial charge in [0.1, 0.15) is 0 Å². The number of ether oxygens (including phenoxy) is 1. The number of halogens is 1. The Kier molecular flexibility index (Phi) is 2.50. The van der Waals surface area contributed by atoms with Gasteiger partial charge in [-0.15, -0.1) is 0 Å². The van der Waals surface area contributed by atoms with E-state index in [1.807, 2.05) is 25.7 Å². The minimum absolute atomic E-state index is 0.0802. The van der Waals surface area contributed by atoms with Gasteiger partial charge in [-0.25, -0.2) is 4.39 Å². The Labute approximate surface area is 67.3 Å². The molecule has 1 saturated heterocycles. The third-order valence-corrected chi connectivity index (χ3v) is 1.93. The molecule has 2 nitrogen and oxygen atoms in total. The van der Waals surface area contributed by atoms with Crippen molar-refractivity contribution in [2.45, 2.75) is 32.6 Å². The van der Waals surface area contributed by atoms with Crippen molar-refractivity contribution in [2.75, 3.05) is 19.8 Å². The lowest BCUT2D eigenvalue weighted by molar-refractivity contribution is -0.1000. The molecule has 1 aliphatic rings. The van der Waals surface area contributed by atoms with E-state index in [1.165, 1.54) is 0 Å². The van der Waals surface area contributed by atoms with E-state index in [2.05, 4.69) is 0 Å². The van der Waals surface area contributed by atoms with E-state index in [0.29, 0.717) is 13.2 Å². The molecule has 1 fully saturated rings.